The Balaban J connectivity index is 1.71. The first-order chi connectivity index (χ1) is 14.7. The summed E-state index contributed by atoms with van der Waals surface area (Å²) in [6, 6.07) is 8.18. The van der Waals surface area contributed by atoms with E-state index in [0.717, 1.165) is 6.42 Å². The maximum atomic E-state index is 13.7. The van der Waals surface area contributed by atoms with Crippen LogP contribution in [-0.2, 0) is 14.8 Å². The number of H-pyrrole nitrogens is 1. The molecular formula is C20H17Cl2F2N3O3S. The number of hydrogen-bond acceptors (Lipinski definition) is 4. The number of aromatic nitrogens is 2. The summed E-state index contributed by atoms with van der Waals surface area (Å²) in [4.78, 5) is 7.02. The minimum atomic E-state index is -3.86. The van der Waals surface area contributed by atoms with E-state index in [1.54, 1.807) is 0 Å². The number of sulfonamides is 1. The van der Waals surface area contributed by atoms with Gasteiger partial charge < -0.3 is 9.72 Å². The molecule has 2 heterocycles. The lowest BCUT2D eigenvalue weighted by Gasteiger charge is -2.26. The van der Waals surface area contributed by atoms with Crippen LogP contribution in [0.3, 0.4) is 0 Å². The number of imidazole rings is 1. The first kappa shape index (κ1) is 22.2. The lowest BCUT2D eigenvalue weighted by molar-refractivity contribution is -0.0455. The summed E-state index contributed by atoms with van der Waals surface area (Å²) in [5, 5.41) is -0.372. The van der Waals surface area contributed by atoms with Crippen molar-refractivity contribution < 1.29 is 21.9 Å². The van der Waals surface area contributed by atoms with Gasteiger partial charge in [0.25, 0.3) is 10.0 Å². The van der Waals surface area contributed by atoms with E-state index < -0.39 is 27.6 Å². The summed E-state index contributed by atoms with van der Waals surface area (Å²) < 4.78 is 60.3. The van der Waals surface area contributed by atoms with E-state index in [-0.39, 0.29) is 33.5 Å². The Kier molecular flexibility index (Phi) is 6.32. The topological polar surface area (TPSA) is 84.1 Å². The largest absolute Gasteiger partial charge is 0.377 e. The van der Waals surface area contributed by atoms with Crippen LogP contribution in [0.2, 0.25) is 10.0 Å². The molecule has 0 bridgehead atoms. The molecular weight excluding hydrogens is 471 g/mol. The number of ether oxygens (including phenoxy) is 1. The van der Waals surface area contributed by atoms with Gasteiger partial charge in [0.2, 0.25) is 0 Å². The van der Waals surface area contributed by atoms with Gasteiger partial charge in [0, 0.05) is 13.2 Å². The molecule has 2 aromatic carbocycles. The predicted molar refractivity (Wildman–Crippen MR) is 112 cm³/mol. The molecule has 164 valence electrons. The van der Waals surface area contributed by atoms with E-state index in [9.17, 15) is 17.2 Å². The SMILES string of the molecule is O=S(=O)(NCC1CCO1)c1cnc(C(c2ccc(F)c(Cl)c2)c2ccc(F)c(Cl)c2)[nH]1. The molecule has 0 spiro atoms. The highest BCUT2D eigenvalue weighted by molar-refractivity contribution is 7.89. The Labute approximate surface area is 187 Å². The fraction of sp³-hybridized carbons (Fsp3) is 0.250. The minimum absolute atomic E-state index is 0.114. The number of rotatable bonds is 7. The second-order valence-electron chi connectivity index (χ2n) is 7.05. The number of nitrogens with zero attached hydrogens (tertiary/aromatic N) is 1. The minimum Gasteiger partial charge on any atom is -0.377 e. The first-order valence-corrected chi connectivity index (χ1v) is 11.5. The lowest BCUT2D eigenvalue weighted by atomic mass is 9.90. The van der Waals surface area contributed by atoms with Crippen molar-refractivity contribution in [1.29, 1.82) is 0 Å². The number of hydrogen-bond donors (Lipinski definition) is 2. The third kappa shape index (κ3) is 4.75. The van der Waals surface area contributed by atoms with Crippen LogP contribution < -0.4 is 4.72 Å². The van der Waals surface area contributed by atoms with Crippen LogP contribution in [0.5, 0.6) is 0 Å². The second-order valence-corrected chi connectivity index (χ2v) is 9.60. The molecule has 1 unspecified atom stereocenters. The van der Waals surface area contributed by atoms with E-state index in [2.05, 4.69) is 14.7 Å². The highest BCUT2D eigenvalue weighted by Crippen LogP contribution is 2.34. The van der Waals surface area contributed by atoms with Crippen molar-refractivity contribution in [2.45, 2.75) is 23.5 Å². The smallest absolute Gasteiger partial charge is 0.257 e. The maximum Gasteiger partial charge on any atom is 0.257 e. The zero-order valence-corrected chi connectivity index (χ0v) is 18.2. The average Bonchev–Trinajstić information content (AvgIpc) is 3.17. The van der Waals surface area contributed by atoms with E-state index in [1.807, 2.05) is 0 Å². The van der Waals surface area contributed by atoms with Crippen molar-refractivity contribution >= 4 is 33.2 Å². The average molecular weight is 488 g/mol. The number of halogens is 4. The first-order valence-electron chi connectivity index (χ1n) is 9.30. The predicted octanol–water partition coefficient (Wildman–Crippen LogP) is 4.24. The van der Waals surface area contributed by atoms with Crippen LogP contribution in [0.1, 0.15) is 29.3 Å². The highest BCUT2D eigenvalue weighted by atomic mass is 35.5. The van der Waals surface area contributed by atoms with Gasteiger partial charge in [-0.1, -0.05) is 35.3 Å². The Hall–Kier alpha value is -2.04. The Bertz CT molecular complexity index is 1160. The molecule has 2 N–H and O–H groups in total. The zero-order valence-electron chi connectivity index (χ0n) is 15.9. The molecule has 0 radical (unpaired) electrons. The molecule has 31 heavy (non-hydrogen) atoms. The zero-order chi connectivity index (χ0) is 22.2. The van der Waals surface area contributed by atoms with E-state index in [4.69, 9.17) is 27.9 Å². The summed E-state index contributed by atoms with van der Waals surface area (Å²) >= 11 is 11.9. The standard InChI is InChI=1S/C20H17Cl2F2N3O3S/c21-14-7-11(1-3-16(14)23)19(12-2-4-17(24)15(22)8-12)20-25-10-18(27-20)31(28,29)26-9-13-5-6-30-13/h1-4,7-8,10,13,19,26H,5-6,9H2,(H,25,27). The Morgan fingerprint density at radius 1 is 1.13 bits per heavy atom. The van der Waals surface area contributed by atoms with Crippen LogP contribution in [-0.4, -0.2) is 37.6 Å². The molecule has 6 nitrogen and oxygen atoms in total. The summed E-state index contributed by atoms with van der Waals surface area (Å²) in [6.07, 6.45) is 1.82. The molecule has 3 aromatic rings. The monoisotopic (exact) mass is 487 g/mol. The Morgan fingerprint density at radius 2 is 1.71 bits per heavy atom. The fourth-order valence-corrected chi connectivity index (χ4v) is 4.59. The van der Waals surface area contributed by atoms with Gasteiger partial charge in [-0.25, -0.2) is 26.9 Å². The summed E-state index contributed by atoms with van der Waals surface area (Å²) in [5.41, 5.74) is 1.03. The molecule has 1 aliphatic rings. The van der Waals surface area contributed by atoms with Crippen molar-refractivity contribution in [3.63, 3.8) is 0 Å². The lowest BCUT2D eigenvalue weighted by Crippen LogP contribution is -2.39. The van der Waals surface area contributed by atoms with E-state index in [1.165, 1.54) is 42.6 Å². The fourth-order valence-electron chi connectivity index (χ4n) is 3.22. The molecule has 1 aliphatic heterocycles. The van der Waals surface area contributed by atoms with Gasteiger partial charge in [0.15, 0.2) is 5.03 Å². The Morgan fingerprint density at radius 3 is 2.19 bits per heavy atom. The van der Waals surface area contributed by atoms with Crippen molar-refractivity contribution in [2.75, 3.05) is 13.2 Å². The number of nitrogens with one attached hydrogen (secondary N) is 2. The number of benzene rings is 2. The second kappa shape index (κ2) is 8.84. The quantitative estimate of drug-likeness (QED) is 0.521. The molecule has 1 fully saturated rings. The van der Waals surface area contributed by atoms with Gasteiger partial charge in [-0.15, -0.1) is 0 Å². The summed E-state index contributed by atoms with van der Waals surface area (Å²) in [7, 11) is -3.86. The van der Waals surface area contributed by atoms with Gasteiger partial charge in [-0.05, 0) is 41.8 Å². The molecule has 0 saturated carbocycles. The van der Waals surface area contributed by atoms with Crippen LogP contribution in [0, 0.1) is 11.6 Å². The van der Waals surface area contributed by atoms with Gasteiger partial charge in [0.05, 0.1) is 28.3 Å². The number of aromatic amines is 1. The summed E-state index contributed by atoms with van der Waals surface area (Å²) in [6.45, 7) is 0.768. The van der Waals surface area contributed by atoms with Crippen molar-refractivity contribution in [1.82, 2.24) is 14.7 Å². The third-order valence-electron chi connectivity index (χ3n) is 4.98. The van der Waals surface area contributed by atoms with Gasteiger partial charge in [-0.3, -0.25) is 0 Å². The van der Waals surface area contributed by atoms with Gasteiger partial charge in [0.1, 0.15) is 17.5 Å². The molecule has 1 aromatic heterocycles. The van der Waals surface area contributed by atoms with Crippen LogP contribution in [0.4, 0.5) is 8.78 Å². The maximum absolute atomic E-state index is 13.7. The normalized spacial score (nSPS) is 16.5. The summed E-state index contributed by atoms with van der Waals surface area (Å²) in [5.74, 6) is -1.67. The van der Waals surface area contributed by atoms with Crippen LogP contribution >= 0.6 is 23.2 Å². The molecule has 1 saturated heterocycles. The molecule has 11 heteroatoms. The van der Waals surface area contributed by atoms with Gasteiger partial charge in [-0.2, -0.15) is 0 Å². The van der Waals surface area contributed by atoms with E-state index in [0.29, 0.717) is 17.7 Å². The molecule has 0 amide bonds. The van der Waals surface area contributed by atoms with Crippen molar-refractivity contribution in [3.05, 3.63) is 81.2 Å². The van der Waals surface area contributed by atoms with Crippen molar-refractivity contribution in [2.24, 2.45) is 0 Å². The molecule has 4 rings (SSSR count). The third-order valence-corrected chi connectivity index (χ3v) is 6.90. The van der Waals surface area contributed by atoms with Crippen LogP contribution in [0.15, 0.2) is 47.6 Å². The van der Waals surface area contributed by atoms with Crippen molar-refractivity contribution in [3.8, 4) is 0 Å². The van der Waals surface area contributed by atoms with Crippen LogP contribution in [0.25, 0.3) is 0 Å². The highest BCUT2D eigenvalue weighted by Gasteiger charge is 2.27. The van der Waals surface area contributed by atoms with Gasteiger partial charge >= 0.3 is 0 Å². The molecule has 1 atom stereocenters. The van der Waals surface area contributed by atoms with E-state index >= 15 is 0 Å². The molecule has 0 aliphatic carbocycles.